The Morgan fingerprint density at radius 2 is 1.83 bits per heavy atom. The molecule has 0 radical (unpaired) electrons. The molecule has 0 spiro atoms. The van der Waals surface area contributed by atoms with Gasteiger partial charge >= 0.3 is 0 Å². The molecule has 0 aliphatic heterocycles. The van der Waals surface area contributed by atoms with E-state index in [0.29, 0.717) is 22.7 Å². The van der Waals surface area contributed by atoms with E-state index in [9.17, 15) is 14.0 Å². The Labute approximate surface area is 208 Å². The molecule has 0 atom stereocenters. The number of hydrogen-bond donors (Lipinski definition) is 1. The number of benzene rings is 3. The second-order valence-electron chi connectivity index (χ2n) is 7.92. The van der Waals surface area contributed by atoms with Crippen LogP contribution in [-0.4, -0.2) is 46.5 Å². The third kappa shape index (κ3) is 5.67. The summed E-state index contributed by atoms with van der Waals surface area (Å²) >= 11 is 0. The Balaban J connectivity index is 1.60. The number of nitrogens with zero attached hydrogens (tertiary/aromatic N) is 3. The van der Waals surface area contributed by atoms with E-state index >= 15 is 0 Å². The summed E-state index contributed by atoms with van der Waals surface area (Å²) in [6.45, 7) is 3.65. The molecule has 3 aromatic carbocycles. The van der Waals surface area contributed by atoms with Gasteiger partial charge in [0.1, 0.15) is 18.1 Å². The summed E-state index contributed by atoms with van der Waals surface area (Å²) in [5, 5.41) is 2.80. The normalized spacial score (nSPS) is 10.5. The second-order valence-corrected chi connectivity index (χ2v) is 7.92. The van der Waals surface area contributed by atoms with E-state index in [-0.39, 0.29) is 30.8 Å². The van der Waals surface area contributed by atoms with E-state index in [1.54, 1.807) is 53.2 Å². The van der Waals surface area contributed by atoms with Crippen molar-refractivity contribution in [3.05, 3.63) is 109 Å². The number of halogens is 1. The summed E-state index contributed by atoms with van der Waals surface area (Å²) < 4.78 is 20.4. The Bertz CT molecular complexity index is 1370. The van der Waals surface area contributed by atoms with Crippen LogP contribution in [0.25, 0.3) is 16.9 Å². The van der Waals surface area contributed by atoms with Gasteiger partial charge < -0.3 is 9.64 Å². The average molecular weight is 485 g/mol. The van der Waals surface area contributed by atoms with Gasteiger partial charge in [-0.1, -0.05) is 42.5 Å². The van der Waals surface area contributed by atoms with Gasteiger partial charge in [0.2, 0.25) is 11.9 Å². The molecule has 0 fully saturated rings. The molecule has 1 heterocycles. The molecular formula is C28H25FN4O3. The maximum Gasteiger partial charge on any atom is 0.254 e. The van der Waals surface area contributed by atoms with Gasteiger partial charge in [-0.2, -0.15) is 0 Å². The monoisotopic (exact) mass is 484 g/mol. The fraction of sp³-hybridized carbons (Fsp3) is 0.107. The van der Waals surface area contributed by atoms with Crippen molar-refractivity contribution in [2.24, 2.45) is 0 Å². The summed E-state index contributed by atoms with van der Waals surface area (Å²) in [6.07, 6.45) is 3.32. The van der Waals surface area contributed by atoms with E-state index < -0.39 is 5.91 Å². The van der Waals surface area contributed by atoms with E-state index in [4.69, 9.17) is 4.74 Å². The fourth-order valence-electron chi connectivity index (χ4n) is 3.67. The van der Waals surface area contributed by atoms with Crippen LogP contribution < -0.4 is 10.1 Å². The van der Waals surface area contributed by atoms with Gasteiger partial charge in [0.15, 0.2) is 0 Å². The summed E-state index contributed by atoms with van der Waals surface area (Å²) in [5.41, 5.74) is 2.50. The average Bonchev–Trinajstić information content (AvgIpc) is 3.32. The number of amides is 2. The quantitative estimate of drug-likeness (QED) is 0.341. The molecule has 4 rings (SSSR count). The van der Waals surface area contributed by atoms with Gasteiger partial charge in [-0.15, -0.1) is 6.58 Å². The lowest BCUT2D eigenvalue weighted by molar-refractivity contribution is -0.116. The first kappa shape index (κ1) is 24.4. The summed E-state index contributed by atoms with van der Waals surface area (Å²) in [7, 11) is 1.52. The Hall–Kier alpha value is -4.72. The predicted molar refractivity (Wildman–Crippen MR) is 137 cm³/mol. The number of aromatic nitrogens is 2. The highest BCUT2D eigenvalue weighted by molar-refractivity contribution is 5.99. The standard InChI is InChI=1S/C28H25FN4O3/c1-3-16-32(27(35)21-10-7-11-24(17-21)36-2)19-26(34)31-28-30-25(20-8-5-4-6-9-20)18-33(28)23-14-12-22(29)13-15-23/h3-15,17-18H,1,16,19H2,2H3,(H,30,31,34). The van der Waals surface area contributed by atoms with Crippen LogP contribution in [-0.2, 0) is 4.79 Å². The maximum atomic E-state index is 13.5. The number of carbonyl (C=O) groups excluding carboxylic acids is 2. The minimum atomic E-state index is -0.443. The van der Waals surface area contributed by atoms with Crippen LogP contribution in [0.2, 0.25) is 0 Å². The Morgan fingerprint density at radius 1 is 1.08 bits per heavy atom. The highest BCUT2D eigenvalue weighted by Gasteiger charge is 2.20. The fourth-order valence-corrected chi connectivity index (χ4v) is 3.67. The van der Waals surface area contributed by atoms with E-state index in [2.05, 4.69) is 16.9 Å². The van der Waals surface area contributed by atoms with E-state index in [1.165, 1.54) is 24.1 Å². The lowest BCUT2D eigenvalue weighted by Crippen LogP contribution is -2.38. The molecule has 7 nitrogen and oxygen atoms in total. The van der Waals surface area contributed by atoms with Gasteiger partial charge in [-0.3, -0.25) is 19.5 Å². The van der Waals surface area contributed by atoms with Crippen molar-refractivity contribution in [2.75, 3.05) is 25.5 Å². The molecule has 4 aromatic rings. The van der Waals surface area contributed by atoms with Crippen molar-refractivity contribution < 1.29 is 18.7 Å². The molecule has 0 unspecified atom stereocenters. The van der Waals surface area contributed by atoms with Crippen molar-refractivity contribution in [3.63, 3.8) is 0 Å². The Kier molecular flexibility index (Phi) is 7.55. The zero-order valence-corrected chi connectivity index (χ0v) is 19.7. The van der Waals surface area contributed by atoms with Crippen LogP contribution in [0.4, 0.5) is 10.3 Å². The smallest absolute Gasteiger partial charge is 0.254 e. The third-order valence-corrected chi connectivity index (χ3v) is 5.42. The third-order valence-electron chi connectivity index (χ3n) is 5.42. The lowest BCUT2D eigenvalue weighted by Gasteiger charge is -2.21. The topological polar surface area (TPSA) is 76.5 Å². The van der Waals surface area contributed by atoms with Crippen LogP contribution in [0.3, 0.4) is 0 Å². The van der Waals surface area contributed by atoms with Crippen LogP contribution in [0.5, 0.6) is 5.75 Å². The Morgan fingerprint density at radius 3 is 2.53 bits per heavy atom. The molecular weight excluding hydrogens is 459 g/mol. The van der Waals surface area contributed by atoms with Gasteiger partial charge in [0, 0.05) is 29.6 Å². The van der Waals surface area contributed by atoms with Crippen molar-refractivity contribution >= 4 is 17.8 Å². The molecule has 0 aliphatic rings. The molecule has 0 saturated heterocycles. The summed E-state index contributed by atoms with van der Waals surface area (Å²) in [6, 6.07) is 22.1. The first-order valence-electron chi connectivity index (χ1n) is 11.2. The number of anilines is 1. The molecule has 0 bridgehead atoms. The first-order chi connectivity index (χ1) is 17.5. The molecule has 1 aromatic heterocycles. The first-order valence-corrected chi connectivity index (χ1v) is 11.2. The van der Waals surface area contributed by atoms with Crippen LogP contribution >= 0.6 is 0 Å². The molecule has 1 N–H and O–H groups in total. The maximum absolute atomic E-state index is 13.5. The van der Waals surface area contributed by atoms with Crippen molar-refractivity contribution in [1.29, 1.82) is 0 Å². The van der Waals surface area contributed by atoms with Gasteiger partial charge in [-0.05, 0) is 42.5 Å². The van der Waals surface area contributed by atoms with Crippen molar-refractivity contribution in [2.45, 2.75) is 0 Å². The number of imidazole rings is 1. The van der Waals surface area contributed by atoms with Crippen molar-refractivity contribution in [3.8, 4) is 22.7 Å². The second kappa shape index (κ2) is 11.1. The van der Waals surface area contributed by atoms with Crippen LogP contribution in [0.15, 0.2) is 97.7 Å². The van der Waals surface area contributed by atoms with Crippen LogP contribution in [0.1, 0.15) is 10.4 Å². The highest BCUT2D eigenvalue weighted by atomic mass is 19.1. The molecule has 0 aliphatic carbocycles. The number of hydrogen-bond acceptors (Lipinski definition) is 4. The summed E-state index contributed by atoms with van der Waals surface area (Å²) in [4.78, 5) is 32.1. The SMILES string of the molecule is C=CCN(CC(=O)Nc1nc(-c2ccccc2)cn1-c1ccc(F)cc1)C(=O)c1cccc(OC)c1. The van der Waals surface area contributed by atoms with E-state index in [0.717, 1.165) is 5.56 Å². The zero-order valence-electron chi connectivity index (χ0n) is 19.7. The van der Waals surface area contributed by atoms with Crippen molar-refractivity contribution in [1.82, 2.24) is 14.5 Å². The van der Waals surface area contributed by atoms with Crippen LogP contribution in [0, 0.1) is 5.82 Å². The molecule has 36 heavy (non-hydrogen) atoms. The lowest BCUT2D eigenvalue weighted by atomic mass is 10.2. The molecule has 2 amide bonds. The number of ether oxygens (including phenoxy) is 1. The largest absolute Gasteiger partial charge is 0.497 e. The minimum absolute atomic E-state index is 0.172. The number of carbonyl (C=O) groups is 2. The minimum Gasteiger partial charge on any atom is -0.497 e. The van der Waals surface area contributed by atoms with Gasteiger partial charge in [0.05, 0.1) is 12.8 Å². The zero-order chi connectivity index (χ0) is 25.5. The molecule has 8 heteroatoms. The van der Waals surface area contributed by atoms with Gasteiger partial charge in [-0.25, -0.2) is 9.37 Å². The number of nitrogens with one attached hydrogen (secondary N) is 1. The molecule has 182 valence electrons. The van der Waals surface area contributed by atoms with Gasteiger partial charge in [0.25, 0.3) is 5.91 Å². The number of rotatable bonds is 9. The highest BCUT2D eigenvalue weighted by Crippen LogP contribution is 2.24. The van der Waals surface area contributed by atoms with E-state index in [1.807, 2.05) is 30.3 Å². The summed E-state index contributed by atoms with van der Waals surface area (Å²) in [5.74, 6) is -0.363. The molecule has 0 saturated carbocycles. The predicted octanol–water partition coefficient (Wildman–Crippen LogP) is 4.95. The number of methoxy groups -OCH3 is 1.